The van der Waals surface area contributed by atoms with Gasteiger partial charge in [0.25, 0.3) is 0 Å². The highest BCUT2D eigenvalue weighted by molar-refractivity contribution is 5.92. The van der Waals surface area contributed by atoms with Crippen LogP contribution in [0.25, 0.3) is 10.9 Å². The van der Waals surface area contributed by atoms with Crippen LogP contribution in [0.1, 0.15) is 38.3 Å². The Kier molecular flexibility index (Phi) is 9.52. The number of esters is 1. The molecule has 11 nitrogen and oxygen atoms in total. The number of aromatic nitrogens is 1. The molecule has 1 aliphatic heterocycles. The van der Waals surface area contributed by atoms with Crippen molar-refractivity contribution in [3.63, 3.8) is 0 Å². The highest BCUT2D eigenvalue weighted by Crippen LogP contribution is 2.24. The van der Waals surface area contributed by atoms with Crippen LogP contribution in [0.4, 0.5) is 4.79 Å². The van der Waals surface area contributed by atoms with Crippen molar-refractivity contribution >= 4 is 34.8 Å². The van der Waals surface area contributed by atoms with Gasteiger partial charge in [0.1, 0.15) is 11.6 Å². The van der Waals surface area contributed by atoms with Crippen LogP contribution in [0.3, 0.4) is 0 Å². The van der Waals surface area contributed by atoms with Crippen LogP contribution in [-0.2, 0) is 36.7 Å². The van der Waals surface area contributed by atoms with Crippen LogP contribution in [0.5, 0.6) is 0 Å². The Labute approximate surface area is 245 Å². The number of hydrogen-bond donors (Lipinski definition) is 4. The van der Waals surface area contributed by atoms with Crippen molar-refractivity contribution in [3.05, 3.63) is 71.9 Å². The van der Waals surface area contributed by atoms with E-state index in [0.29, 0.717) is 6.42 Å². The summed E-state index contributed by atoms with van der Waals surface area (Å²) in [5, 5.41) is 7.23. The molecule has 4 atom stereocenters. The minimum Gasteiger partial charge on any atom is -0.469 e. The molecule has 0 bridgehead atoms. The fourth-order valence-electron chi connectivity index (χ4n) is 5.30. The van der Waals surface area contributed by atoms with E-state index in [1.54, 1.807) is 20.8 Å². The van der Waals surface area contributed by atoms with Crippen molar-refractivity contribution < 1.29 is 28.7 Å². The summed E-state index contributed by atoms with van der Waals surface area (Å²) in [7, 11) is 1.25. The molecule has 5 N–H and O–H groups in total. The molecule has 3 aromatic rings. The SMILES string of the molecule is COC(=O)C[C@@H]1N[C@H]([C@H](Cc2c[nH]c3ccccc23)NC(=O)OC(C)(C)C)CN([C@@H](Cc2ccccc2)C(N)=O)C1=O. The monoisotopic (exact) mass is 577 g/mol. The number of fused-ring (bicyclic) bond motifs is 1. The minimum absolute atomic E-state index is 0.0553. The predicted molar refractivity (Wildman–Crippen MR) is 157 cm³/mol. The lowest BCUT2D eigenvalue weighted by Crippen LogP contribution is -2.69. The molecule has 0 saturated carbocycles. The Morgan fingerprint density at radius 1 is 1.07 bits per heavy atom. The molecule has 1 fully saturated rings. The second-order valence-corrected chi connectivity index (χ2v) is 11.5. The molecule has 224 valence electrons. The van der Waals surface area contributed by atoms with Gasteiger partial charge in [0.2, 0.25) is 11.8 Å². The Morgan fingerprint density at radius 3 is 2.43 bits per heavy atom. The molecular weight excluding hydrogens is 538 g/mol. The largest absolute Gasteiger partial charge is 0.469 e. The first-order chi connectivity index (χ1) is 19.9. The number of para-hydroxylation sites is 1. The molecule has 1 saturated heterocycles. The van der Waals surface area contributed by atoms with Gasteiger partial charge in [-0.3, -0.25) is 19.7 Å². The molecular formula is C31H39N5O6. The first-order valence-electron chi connectivity index (χ1n) is 14.0. The Balaban J connectivity index is 1.70. The zero-order valence-electron chi connectivity index (χ0n) is 24.4. The number of nitrogens with zero attached hydrogens (tertiary/aromatic N) is 1. The number of primary amides is 1. The summed E-state index contributed by atoms with van der Waals surface area (Å²) in [6.45, 7) is 5.37. The summed E-state index contributed by atoms with van der Waals surface area (Å²) in [4.78, 5) is 56.5. The number of methoxy groups -OCH3 is 1. The predicted octanol–water partition coefficient (Wildman–Crippen LogP) is 2.43. The Morgan fingerprint density at radius 2 is 1.76 bits per heavy atom. The number of carbonyl (C=O) groups is 4. The third-order valence-corrected chi connectivity index (χ3v) is 7.27. The molecule has 11 heteroatoms. The van der Waals surface area contributed by atoms with E-state index < -0.39 is 53.6 Å². The number of hydrogen-bond acceptors (Lipinski definition) is 7. The van der Waals surface area contributed by atoms with E-state index in [9.17, 15) is 19.2 Å². The molecule has 4 rings (SSSR count). The zero-order chi connectivity index (χ0) is 30.4. The first kappa shape index (κ1) is 30.6. The lowest BCUT2D eigenvalue weighted by molar-refractivity contribution is -0.150. The van der Waals surface area contributed by atoms with E-state index in [-0.39, 0.29) is 19.4 Å². The molecule has 2 heterocycles. The van der Waals surface area contributed by atoms with Crippen molar-refractivity contribution in [2.45, 2.75) is 69.8 Å². The van der Waals surface area contributed by atoms with Crippen molar-refractivity contribution in [3.8, 4) is 0 Å². The quantitative estimate of drug-likeness (QED) is 0.270. The number of aromatic amines is 1. The van der Waals surface area contributed by atoms with Crippen LogP contribution >= 0.6 is 0 Å². The molecule has 1 aromatic heterocycles. The molecule has 1 aliphatic rings. The number of amides is 3. The van der Waals surface area contributed by atoms with Crippen molar-refractivity contribution in [1.82, 2.24) is 20.5 Å². The lowest BCUT2D eigenvalue weighted by Gasteiger charge is -2.44. The molecule has 42 heavy (non-hydrogen) atoms. The number of nitrogens with one attached hydrogen (secondary N) is 3. The average molecular weight is 578 g/mol. The van der Waals surface area contributed by atoms with E-state index in [2.05, 4.69) is 15.6 Å². The molecule has 2 aromatic carbocycles. The molecule has 0 radical (unpaired) electrons. The number of benzene rings is 2. The van der Waals surface area contributed by atoms with E-state index >= 15 is 0 Å². The van der Waals surface area contributed by atoms with Gasteiger partial charge in [0, 0.05) is 36.1 Å². The van der Waals surface area contributed by atoms with E-state index in [1.807, 2.05) is 60.8 Å². The lowest BCUT2D eigenvalue weighted by atomic mass is 9.92. The van der Waals surface area contributed by atoms with Crippen LogP contribution < -0.4 is 16.4 Å². The summed E-state index contributed by atoms with van der Waals surface area (Å²) in [6, 6.07) is 13.9. The highest BCUT2D eigenvalue weighted by atomic mass is 16.6. The standard InChI is InChI=1S/C31H39N5O6/c1-31(2,3)42-30(40)35-23(15-20-17-33-22-13-9-8-12-21(20)22)25-18-36(29(39)24(34-25)16-27(37)41-4)26(28(32)38)14-19-10-6-5-7-11-19/h5-13,17,23-26,33-34H,14-16,18H2,1-4H3,(H2,32,38)(H,35,40)/t23-,24-,25-,26-/m0/s1. The molecule has 0 unspecified atom stereocenters. The number of nitrogens with two attached hydrogens (primary N) is 1. The van der Waals surface area contributed by atoms with E-state index in [0.717, 1.165) is 22.0 Å². The fraction of sp³-hybridized carbons (Fsp3) is 0.419. The number of ether oxygens (including phenoxy) is 2. The normalized spacial score (nSPS) is 18.8. The van der Waals surface area contributed by atoms with E-state index in [1.165, 1.54) is 12.0 Å². The zero-order valence-corrected chi connectivity index (χ0v) is 24.4. The second kappa shape index (κ2) is 13.1. The summed E-state index contributed by atoms with van der Waals surface area (Å²) < 4.78 is 10.4. The van der Waals surface area contributed by atoms with Crippen LogP contribution in [-0.4, -0.2) is 77.2 Å². The smallest absolute Gasteiger partial charge is 0.407 e. The molecule has 0 aliphatic carbocycles. The average Bonchev–Trinajstić information content (AvgIpc) is 3.34. The summed E-state index contributed by atoms with van der Waals surface area (Å²) in [5.74, 6) is -1.70. The maximum atomic E-state index is 13.7. The maximum absolute atomic E-state index is 13.7. The number of piperazine rings is 1. The summed E-state index contributed by atoms with van der Waals surface area (Å²) in [5.41, 5.74) is 7.83. The Hall–Kier alpha value is -4.38. The van der Waals surface area contributed by atoms with Gasteiger partial charge < -0.3 is 30.4 Å². The van der Waals surface area contributed by atoms with Gasteiger partial charge in [-0.2, -0.15) is 0 Å². The number of H-pyrrole nitrogens is 1. The third kappa shape index (κ3) is 7.67. The minimum atomic E-state index is -1.00. The van der Waals surface area contributed by atoms with Gasteiger partial charge in [0.05, 0.1) is 25.6 Å². The van der Waals surface area contributed by atoms with Crippen molar-refractivity contribution in [2.75, 3.05) is 13.7 Å². The molecule has 3 amide bonds. The fourth-order valence-corrected chi connectivity index (χ4v) is 5.30. The van der Waals surface area contributed by atoms with Crippen LogP contribution in [0.15, 0.2) is 60.8 Å². The van der Waals surface area contributed by atoms with Gasteiger partial charge in [0.15, 0.2) is 0 Å². The maximum Gasteiger partial charge on any atom is 0.407 e. The van der Waals surface area contributed by atoms with Crippen molar-refractivity contribution in [1.29, 1.82) is 0 Å². The van der Waals surface area contributed by atoms with Gasteiger partial charge in [-0.05, 0) is 44.4 Å². The topological polar surface area (TPSA) is 156 Å². The van der Waals surface area contributed by atoms with Gasteiger partial charge in [-0.1, -0.05) is 48.5 Å². The van der Waals surface area contributed by atoms with Crippen LogP contribution in [0, 0.1) is 0 Å². The number of carbonyl (C=O) groups excluding carboxylic acids is 4. The van der Waals surface area contributed by atoms with Gasteiger partial charge >= 0.3 is 12.1 Å². The van der Waals surface area contributed by atoms with E-state index in [4.69, 9.17) is 15.2 Å². The highest BCUT2D eigenvalue weighted by Gasteiger charge is 2.43. The van der Waals surface area contributed by atoms with Gasteiger partial charge in [-0.25, -0.2) is 4.79 Å². The number of alkyl carbamates (subject to hydrolysis) is 1. The number of rotatable bonds is 10. The van der Waals surface area contributed by atoms with Crippen molar-refractivity contribution in [2.24, 2.45) is 5.73 Å². The molecule has 0 spiro atoms. The Bertz CT molecular complexity index is 1420. The summed E-state index contributed by atoms with van der Waals surface area (Å²) in [6.07, 6.45) is 1.57. The van der Waals surface area contributed by atoms with Gasteiger partial charge in [-0.15, -0.1) is 0 Å². The van der Waals surface area contributed by atoms with Crippen LogP contribution in [0.2, 0.25) is 0 Å². The third-order valence-electron chi connectivity index (χ3n) is 7.27. The summed E-state index contributed by atoms with van der Waals surface area (Å²) >= 11 is 0. The first-order valence-corrected chi connectivity index (χ1v) is 14.0. The second-order valence-electron chi connectivity index (χ2n) is 11.5.